The minimum absolute atomic E-state index is 0.143. The number of carbonyl (C=O) groups excluding carboxylic acids is 1. The molecule has 0 spiro atoms. The van der Waals surface area contributed by atoms with Gasteiger partial charge in [-0.1, -0.05) is 103 Å². The van der Waals surface area contributed by atoms with E-state index in [1.54, 1.807) is 12.4 Å². The number of hydrogen-bond acceptors (Lipinski definition) is 2. The van der Waals surface area contributed by atoms with E-state index < -0.39 is 0 Å². The summed E-state index contributed by atoms with van der Waals surface area (Å²) in [4.78, 5) is 16.9. The summed E-state index contributed by atoms with van der Waals surface area (Å²) in [7, 11) is 0. The summed E-state index contributed by atoms with van der Waals surface area (Å²) in [5.41, 5.74) is 0. The molecule has 0 aliphatic heterocycles. The van der Waals surface area contributed by atoms with Crippen LogP contribution in [0.1, 0.15) is 110 Å². The van der Waals surface area contributed by atoms with Gasteiger partial charge >= 0.3 is 5.97 Å². The zero-order valence-electron chi connectivity index (χ0n) is 17.0. The standard InChI is InChI=1S/C23H40NO2/c1-2-3-4-5-6-7-8-9-10-11-12-13-14-15-17-20-23(25)26-24-21-18-16-19-22-24/h16,18-19,21-22H,2-15,17,20H2,1H3/q+1. The second-order valence-corrected chi connectivity index (χ2v) is 7.40. The molecule has 3 heteroatoms. The summed E-state index contributed by atoms with van der Waals surface area (Å²) in [6, 6.07) is 5.60. The van der Waals surface area contributed by atoms with Gasteiger partial charge in [0.25, 0.3) is 0 Å². The average molecular weight is 363 g/mol. The third kappa shape index (κ3) is 13.9. The Bertz CT molecular complexity index is 433. The fourth-order valence-electron chi connectivity index (χ4n) is 3.25. The van der Waals surface area contributed by atoms with Crippen molar-refractivity contribution >= 4 is 5.97 Å². The van der Waals surface area contributed by atoms with Crippen molar-refractivity contribution in [3.05, 3.63) is 30.6 Å². The highest BCUT2D eigenvalue weighted by molar-refractivity contribution is 5.68. The number of carbonyl (C=O) groups is 1. The Morgan fingerprint density at radius 3 is 1.54 bits per heavy atom. The Balaban J connectivity index is 1.77. The highest BCUT2D eigenvalue weighted by atomic mass is 16.7. The van der Waals surface area contributed by atoms with E-state index in [0.717, 1.165) is 12.8 Å². The highest BCUT2D eigenvalue weighted by Gasteiger charge is 2.09. The van der Waals surface area contributed by atoms with Gasteiger partial charge in [0.1, 0.15) is 0 Å². The van der Waals surface area contributed by atoms with E-state index in [1.165, 1.54) is 88.2 Å². The van der Waals surface area contributed by atoms with Gasteiger partial charge in [0, 0.05) is 16.9 Å². The smallest absolute Gasteiger partial charge is 0.245 e. The van der Waals surface area contributed by atoms with Crippen molar-refractivity contribution in [1.82, 2.24) is 0 Å². The van der Waals surface area contributed by atoms with Gasteiger partial charge < -0.3 is 0 Å². The maximum atomic E-state index is 11.7. The van der Waals surface area contributed by atoms with E-state index in [2.05, 4.69) is 6.92 Å². The van der Waals surface area contributed by atoms with Crippen LogP contribution in [-0.4, -0.2) is 5.97 Å². The zero-order chi connectivity index (χ0) is 18.7. The first-order valence-corrected chi connectivity index (χ1v) is 11.0. The lowest BCUT2D eigenvalue weighted by Gasteiger charge is -2.03. The van der Waals surface area contributed by atoms with Crippen LogP contribution in [-0.2, 0) is 4.79 Å². The average Bonchev–Trinajstić information content (AvgIpc) is 2.65. The first kappa shape index (κ1) is 22.7. The van der Waals surface area contributed by atoms with Crippen molar-refractivity contribution in [1.29, 1.82) is 0 Å². The summed E-state index contributed by atoms with van der Waals surface area (Å²) in [6.07, 6.45) is 24.1. The molecule has 0 aliphatic rings. The van der Waals surface area contributed by atoms with Gasteiger partial charge in [0.05, 0.1) is 6.42 Å². The first-order valence-electron chi connectivity index (χ1n) is 11.0. The van der Waals surface area contributed by atoms with Gasteiger partial charge in [-0.15, -0.1) is 0 Å². The molecule has 0 saturated carbocycles. The van der Waals surface area contributed by atoms with Crippen LogP contribution in [0.5, 0.6) is 0 Å². The summed E-state index contributed by atoms with van der Waals surface area (Å²) >= 11 is 0. The maximum Gasteiger partial charge on any atom is 0.380 e. The van der Waals surface area contributed by atoms with E-state index in [0.29, 0.717) is 6.42 Å². The third-order valence-electron chi connectivity index (χ3n) is 4.88. The number of rotatable bonds is 17. The van der Waals surface area contributed by atoms with Crippen LogP contribution in [0.2, 0.25) is 0 Å². The highest BCUT2D eigenvalue weighted by Crippen LogP contribution is 2.13. The second kappa shape index (κ2) is 17.1. The molecule has 26 heavy (non-hydrogen) atoms. The zero-order valence-corrected chi connectivity index (χ0v) is 17.0. The Labute approximate surface area is 161 Å². The largest absolute Gasteiger partial charge is 0.380 e. The fourth-order valence-corrected chi connectivity index (χ4v) is 3.25. The number of nitrogens with zero attached hydrogens (tertiary/aromatic N) is 1. The molecule has 1 rings (SSSR count). The van der Waals surface area contributed by atoms with Crippen molar-refractivity contribution in [2.75, 3.05) is 0 Å². The van der Waals surface area contributed by atoms with Gasteiger partial charge in [-0.3, -0.25) is 0 Å². The molecule has 3 nitrogen and oxygen atoms in total. The molecule has 0 N–H and O–H groups in total. The molecule has 0 aliphatic carbocycles. The predicted molar refractivity (Wildman–Crippen MR) is 108 cm³/mol. The van der Waals surface area contributed by atoms with Gasteiger partial charge in [0.15, 0.2) is 0 Å². The van der Waals surface area contributed by atoms with Gasteiger partial charge in [-0.2, -0.15) is 4.84 Å². The van der Waals surface area contributed by atoms with Crippen molar-refractivity contribution in [2.24, 2.45) is 0 Å². The lowest BCUT2D eigenvalue weighted by molar-refractivity contribution is -0.869. The second-order valence-electron chi connectivity index (χ2n) is 7.40. The van der Waals surface area contributed by atoms with Gasteiger partial charge in [-0.25, -0.2) is 4.79 Å². The fraction of sp³-hybridized carbons (Fsp3) is 0.739. The molecule has 148 valence electrons. The van der Waals surface area contributed by atoms with E-state index >= 15 is 0 Å². The monoisotopic (exact) mass is 362 g/mol. The molecule has 0 aromatic carbocycles. The predicted octanol–water partition coefficient (Wildman–Crippen LogP) is 6.19. The molecule has 0 amide bonds. The van der Waals surface area contributed by atoms with Crippen molar-refractivity contribution < 1.29 is 14.4 Å². The summed E-state index contributed by atoms with van der Waals surface area (Å²) in [5, 5.41) is 0. The van der Waals surface area contributed by atoms with Crippen LogP contribution in [0, 0.1) is 0 Å². The molecule has 1 aromatic rings. The molecule has 0 radical (unpaired) electrons. The van der Waals surface area contributed by atoms with Crippen LogP contribution in [0.4, 0.5) is 0 Å². The minimum Gasteiger partial charge on any atom is -0.245 e. The summed E-state index contributed by atoms with van der Waals surface area (Å²) < 4.78 is 1.47. The maximum absolute atomic E-state index is 11.7. The molecular weight excluding hydrogens is 322 g/mol. The molecule has 0 atom stereocenters. The van der Waals surface area contributed by atoms with Crippen molar-refractivity contribution in [3.63, 3.8) is 0 Å². The molecule has 0 unspecified atom stereocenters. The topological polar surface area (TPSA) is 30.2 Å². The number of hydrogen-bond donors (Lipinski definition) is 0. The summed E-state index contributed by atoms with van der Waals surface area (Å²) in [6.45, 7) is 2.28. The van der Waals surface area contributed by atoms with Crippen LogP contribution in [0.15, 0.2) is 30.6 Å². The third-order valence-corrected chi connectivity index (χ3v) is 4.88. The van der Waals surface area contributed by atoms with E-state index in [1.807, 2.05) is 18.2 Å². The Kier molecular flexibility index (Phi) is 14.9. The number of aromatic nitrogens is 1. The summed E-state index contributed by atoms with van der Waals surface area (Å²) in [5.74, 6) is -0.143. The molecular formula is C23H40NO2+. The van der Waals surface area contributed by atoms with Crippen LogP contribution in [0.25, 0.3) is 0 Å². The Morgan fingerprint density at radius 2 is 1.08 bits per heavy atom. The molecule has 1 heterocycles. The lowest BCUT2D eigenvalue weighted by atomic mass is 10.0. The normalized spacial score (nSPS) is 10.8. The molecule has 0 fully saturated rings. The van der Waals surface area contributed by atoms with E-state index in [9.17, 15) is 4.79 Å². The molecule has 0 saturated heterocycles. The molecule has 0 bridgehead atoms. The number of unbranched alkanes of at least 4 members (excludes halogenated alkanes) is 14. The first-order chi connectivity index (χ1) is 12.8. The van der Waals surface area contributed by atoms with E-state index in [-0.39, 0.29) is 5.97 Å². The van der Waals surface area contributed by atoms with Crippen LogP contribution < -0.4 is 9.57 Å². The Morgan fingerprint density at radius 1 is 0.654 bits per heavy atom. The van der Waals surface area contributed by atoms with E-state index in [4.69, 9.17) is 4.84 Å². The van der Waals surface area contributed by atoms with Crippen molar-refractivity contribution in [2.45, 2.75) is 110 Å². The SMILES string of the molecule is CCCCCCCCCCCCCCCCCC(=O)O[n+]1ccccc1. The minimum atomic E-state index is -0.143. The Hall–Kier alpha value is -1.38. The quantitative estimate of drug-likeness (QED) is 0.244. The van der Waals surface area contributed by atoms with Crippen molar-refractivity contribution in [3.8, 4) is 0 Å². The van der Waals surface area contributed by atoms with Gasteiger partial charge in [-0.05, 0) is 6.42 Å². The lowest BCUT2D eigenvalue weighted by Crippen LogP contribution is -2.44. The number of pyridine rings is 1. The van der Waals surface area contributed by atoms with Crippen LogP contribution in [0.3, 0.4) is 0 Å². The van der Waals surface area contributed by atoms with Crippen LogP contribution >= 0.6 is 0 Å². The van der Waals surface area contributed by atoms with Gasteiger partial charge in [0.2, 0.25) is 12.4 Å². The molecule has 1 aromatic heterocycles.